The lowest BCUT2D eigenvalue weighted by molar-refractivity contribution is 0.265. The zero-order valence-corrected chi connectivity index (χ0v) is 18.5. The summed E-state index contributed by atoms with van der Waals surface area (Å²) >= 11 is 0. The number of anilines is 1. The van der Waals surface area contributed by atoms with E-state index < -0.39 is 0 Å². The Balaban J connectivity index is 1.50. The lowest BCUT2D eigenvalue weighted by Crippen LogP contribution is -2.26. The van der Waals surface area contributed by atoms with E-state index in [1.807, 2.05) is 41.2 Å². The molecule has 9 heteroatoms. The zero-order valence-electron chi connectivity index (χ0n) is 18.5. The molecule has 33 heavy (non-hydrogen) atoms. The largest absolute Gasteiger partial charge is 0.366 e. The first kappa shape index (κ1) is 20.7. The van der Waals surface area contributed by atoms with E-state index in [1.165, 1.54) is 12.1 Å². The Morgan fingerprint density at radius 2 is 1.79 bits per heavy atom. The van der Waals surface area contributed by atoms with Crippen molar-refractivity contribution in [1.82, 2.24) is 34.3 Å². The van der Waals surface area contributed by atoms with Gasteiger partial charge in [-0.25, -0.2) is 18.9 Å². The normalized spacial score (nSPS) is 12.8. The van der Waals surface area contributed by atoms with Gasteiger partial charge in [0.15, 0.2) is 11.5 Å². The number of pyridine rings is 1. The number of benzene rings is 1. The van der Waals surface area contributed by atoms with Crippen molar-refractivity contribution in [3.8, 4) is 22.6 Å². The van der Waals surface area contributed by atoms with E-state index in [2.05, 4.69) is 40.9 Å². The van der Waals surface area contributed by atoms with Gasteiger partial charge in [-0.3, -0.25) is 4.68 Å². The van der Waals surface area contributed by atoms with Crippen molar-refractivity contribution < 1.29 is 4.39 Å². The number of hydrogen-bond acceptors (Lipinski definition) is 6. The molecule has 4 heterocycles. The molecule has 4 aromatic heterocycles. The molecular weight excluding hydrogens is 419 g/mol. The number of nitrogen functional groups attached to an aromatic ring is 1. The molecule has 0 bridgehead atoms. The number of nitrogens with two attached hydrogens (primary N) is 1. The van der Waals surface area contributed by atoms with Gasteiger partial charge in [-0.2, -0.15) is 10.1 Å². The Morgan fingerprint density at radius 1 is 1.00 bits per heavy atom. The van der Waals surface area contributed by atoms with E-state index in [1.54, 1.807) is 23.1 Å². The van der Waals surface area contributed by atoms with Crippen LogP contribution in [0.5, 0.6) is 0 Å². The highest BCUT2D eigenvalue weighted by molar-refractivity contribution is 5.65. The van der Waals surface area contributed by atoms with Crippen LogP contribution in [-0.4, -0.2) is 34.3 Å². The topological polar surface area (TPSA) is 99.8 Å². The van der Waals surface area contributed by atoms with Crippen LogP contribution in [0.1, 0.15) is 32.4 Å². The van der Waals surface area contributed by atoms with E-state index in [4.69, 9.17) is 10.7 Å². The van der Waals surface area contributed by atoms with Gasteiger partial charge in [-0.15, -0.1) is 5.10 Å². The summed E-state index contributed by atoms with van der Waals surface area (Å²) in [4.78, 5) is 13.4. The predicted molar refractivity (Wildman–Crippen MR) is 124 cm³/mol. The molecule has 0 radical (unpaired) electrons. The molecule has 0 saturated carbocycles. The van der Waals surface area contributed by atoms with Crippen LogP contribution in [0.4, 0.5) is 10.3 Å². The highest BCUT2D eigenvalue weighted by Crippen LogP contribution is 2.37. The fourth-order valence-electron chi connectivity index (χ4n) is 4.00. The number of rotatable bonds is 4. The lowest BCUT2D eigenvalue weighted by atomic mass is 9.82. The third kappa shape index (κ3) is 4.05. The van der Waals surface area contributed by atoms with E-state index >= 15 is 0 Å². The first-order valence-electron chi connectivity index (χ1n) is 10.5. The quantitative estimate of drug-likeness (QED) is 0.443. The van der Waals surface area contributed by atoms with Gasteiger partial charge in [0.05, 0.1) is 17.9 Å². The summed E-state index contributed by atoms with van der Waals surface area (Å²) in [5.41, 5.74) is 9.57. The predicted octanol–water partition coefficient (Wildman–Crippen LogP) is 4.41. The maximum Gasteiger partial charge on any atom is 0.240 e. The second-order valence-electron chi connectivity index (χ2n) is 8.98. The molecule has 0 aliphatic rings. The van der Waals surface area contributed by atoms with Gasteiger partial charge in [-0.05, 0) is 41.3 Å². The maximum absolute atomic E-state index is 13.5. The van der Waals surface area contributed by atoms with Crippen molar-refractivity contribution in [2.24, 2.45) is 5.41 Å². The molecule has 0 spiro atoms. The molecule has 1 atom stereocenters. The highest BCUT2D eigenvalue weighted by atomic mass is 19.1. The number of aromatic nitrogens is 7. The van der Waals surface area contributed by atoms with Crippen molar-refractivity contribution in [2.45, 2.75) is 26.8 Å². The maximum atomic E-state index is 13.5. The molecule has 0 fully saturated rings. The molecule has 5 aromatic rings. The smallest absolute Gasteiger partial charge is 0.240 e. The van der Waals surface area contributed by atoms with Gasteiger partial charge in [0.1, 0.15) is 5.82 Å². The molecule has 5 rings (SSSR count). The summed E-state index contributed by atoms with van der Waals surface area (Å²) in [7, 11) is 0. The Hall–Kier alpha value is -4.14. The Kier molecular flexibility index (Phi) is 4.88. The van der Waals surface area contributed by atoms with Crippen molar-refractivity contribution in [3.05, 3.63) is 78.6 Å². The molecule has 1 aromatic carbocycles. The molecule has 1 unspecified atom stereocenters. The van der Waals surface area contributed by atoms with Crippen molar-refractivity contribution >= 4 is 11.6 Å². The summed E-state index contributed by atoms with van der Waals surface area (Å²) < 4.78 is 17.0. The summed E-state index contributed by atoms with van der Waals surface area (Å²) in [6.45, 7) is 6.41. The minimum Gasteiger partial charge on any atom is -0.366 e. The average Bonchev–Trinajstić information content (AvgIpc) is 3.40. The summed E-state index contributed by atoms with van der Waals surface area (Å²) in [5, 5.41) is 8.72. The molecule has 0 saturated heterocycles. The number of nitrogens with zero attached hydrogens (tertiary/aromatic N) is 7. The third-order valence-corrected chi connectivity index (χ3v) is 5.44. The highest BCUT2D eigenvalue weighted by Gasteiger charge is 2.29. The monoisotopic (exact) mass is 442 g/mol. The van der Waals surface area contributed by atoms with Crippen LogP contribution in [0, 0.1) is 11.2 Å². The molecule has 0 amide bonds. The zero-order chi connectivity index (χ0) is 23.2. The summed E-state index contributed by atoms with van der Waals surface area (Å²) in [6.07, 6.45) is 7.25. The van der Waals surface area contributed by atoms with Crippen LogP contribution < -0.4 is 5.73 Å². The van der Waals surface area contributed by atoms with Crippen molar-refractivity contribution in [1.29, 1.82) is 0 Å². The SMILES string of the molecule is CC(C)(C)C(c1ccc(F)cc1)n1cc(-c2ccnc(-c3ccn4nc(N)nc4c3)n2)cn1. The number of hydrogen-bond donors (Lipinski definition) is 1. The Labute approximate surface area is 190 Å². The van der Waals surface area contributed by atoms with Crippen molar-refractivity contribution in [3.63, 3.8) is 0 Å². The summed E-state index contributed by atoms with van der Waals surface area (Å²) in [5.74, 6) is 0.520. The van der Waals surface area contributed by atoms with Gasteiger partial charge in [0.25, 0.3) is 0 Å². The second kappa shape index (κ2) is 7.77. The van der Waals surface area contributed by atoms with Gasteiger partial charge < -0.3 is 5.73 Å². The van der Waals surface area contributed by atoms with Crippen LogP contribution in [0.15, 0.2) is 67.3 Å². The standard InChI is InChI=1S/C24H23FN8/c1-24(2,3)21(15-4-6-18(25)7-5-15)33-14-17(13-28-33)19-8-10-27-22(29-19)16-9-11-32-20(12-16)30-23(26)31-32/h4-14,21H,1-3H3,(H2,26,31). The van der Waals surface area contributed by atoms with Gasteiger partial charge in [0, 0.05) is 29.7 Å². The second-order valence-corrected chi connectivity index (χ2v) is 8.98. The van der Waals surface area contributed by atoms with Crippen LogP contribution in [-0.2, 0) is 0 Å². The minimum absolute atomic E-state index is 0.0750. The minimum atomic E-state index is -0.256. The number of halogens is 1. The first-order valence-corrected chi connectivity index (χ1v) is 10.5. The Bertz CT molecular complexity index is 1430. The van der Waals surface area contributed by atoms with Gasteiger partial charge >= 0.3 is 0 Å². The van der Waals surface area contributed by atoms with Crippen LogP contribution >= 0.6 is 0 Å². The fourth-order valence-corrected chi connectivity index (χ4v) is 4.00. The molecule has 0 aliphatic carbocycles. The van der Waals surface area contributed by atoms with Gasteiger partial charge in [0.2, 0.25) is 5.95 Å². The third-order valence-electron chi connectivity index (χ3n) is 5.44. The van der Waals surface area contributed by atoms with Crippen LogP contribution in [0.2, 0.25) is 0 Å². The van der Waals surface area contributed by atoms with Crippen molar-refractivity contribution in [2.75, 3.05) is 5.73 Å². The lowest BCUT2D eigenvalue weighted by Gasteiger charge is -2.31. The first-order chi connectivity index (χ1) is 15.8. The average molecular weight is 443 g/mol. The van der Waals surface area contributed by atoms with E-state index in [0.29, 0.717) is 11.5 Å². The molecule has 8 nitrogen and oxygen atoms in total. The fraction of sp³-hybridized carbons (Fsp3) is 0.208. The summed E-state index contributed by atoms with van der Waals surface area (Å²) in [6, 6.07) is 12.1. The Morgan fingerprint density at radius 3 is 2.55 bits per heavy atom. The van der Waals surface area contributed by atoms with E-state index in [-0.39, 0.29) is 23.2 Å². The van der Waals surface area contributed by atoms with E-state index in [0.717, 1.165) is 22.4 Å². The van der Waals surface area contributed by atoms with Gasteiger partial charge in [-0.1, -0.05) is 32.9 Å². The van der Waals surface area contributed by atoms with Crippen LogP contribution in [0.25, 0.3) is 28.3 Å². The molecule has 2 N–H and O–H groups in total. The van der Waals surface area contributed by atoms with E-state index in [9.17, 15) is 4.39 Å². The molecule has 0 aliphatic heterocycles. The number of fused-ring (bicyclic) bond motifs is 1. The molecule has 166 valence electrons. The molecular formula is C24H23FN8. The van der Waals surface area contributed by atoms with Crippen LogP contribution in [0.3, 0.4) is 0 Å².